The summed E-state index contributed by atoms with van der Waals surface area (Å²) in [5.41, 5.74) is 6.87. The van der Waals surface area contributed by atoms with E-state index < -0.39 is 11.6 Å². The number of nitrogens with two attached hydrogens (primary N) is 1. The standard InChI is InChI=1S/C15H15F2N3S/c1-20(2)10-5-3-4-9(8-10)19-12-7-6-11(15(18)21)13(16)14(12)17/h3-8,19H,1-2H3,(H2,18,21). The van der Waals surface area contributed by atoms with Crippen LogP contribution in [0.25, 0.3) is 0 Å². The number of rotatable bonds is 4. The number of benzene rings is 2. The zero-order chi connectivity index (χ0) is 15.6. The van der Waals surface area contributed by atoms with E-state index in [0.29, 0.717) is 5.69 Å². The average molecular weight is 307 g/mol. The Labute approximate surface area is 127 Å². The van der Waals surface area contributed by atoms with Crippen molar-refractivity contribution in [1.29, 1.82) is 0 Å². The second kappa shape index (κ2) is 6.05. The Morgan fingerprint density at radius 3 is 2.48 bits per heavy atom. The van der Waals surface area contributed by atoms with Crippen molar-refractivity contribution >= 4 is 34.3 Å². The van der Waals surface area contributed by atoms with Crippen LogP contribution in [-0.2, 0) is 0 Å². The molecule has 0 aliphatic rings. The van der Waals surface area contributed by atoms with Gasteiger partial charge in [-0.1, -0.05) is 18.3 Å². The first-order valence-corrected chi connectivity index (χ1v) is 6.63. The van der Waals surface area contributed by atoms with Crippen molar-refractivity contribution in [2.24, 2.45) is 5.73 Å². The molecule has 3 nitrogen and oxygen atoms in total. The number of hydrogen-bond donors (Lipinski definition) is 2. The first kappa shape index (κ1) is 15.2. The highest BCUT2D eigenvalue weighted by molar-refractivity contribution is 7.80. The van der Waals surface area contributed by atoms with E-state index in [0.717, 1.165) is 5.69 Å². The van der Waals surface area contributed by atoms with E-state index in [9.17, 15) is 8.78 Å². The smallest absolute Gasteiger partial charge is 0.182 e. The summed E-state index contributed by atoms with van der Waals surface area (Å²) in [6.07, 6.45) is 0. The van der Waals surface area contributed by atoms with E-state index in [1.807, 2.05) is 37.2 Å². The van der Waals surface area contributed by atoms with Crippen molar-refractivity contribution in [1.82, 2.24) is 0 Å². The Bertz CT molecular complexity index is 687. The molecule has 0 unspecified atom stereocenters. The van der Waals surface area contributed by atoms with Crippen LogP contribution < -0.4 is 16.0 Å². The third kappa shape index (κ3) is 3.28. The molecular formula is C15H15F2N3S. The number of halogens is 2. The molecule has 0 atom stereocenters. The predicted octanol–water partition coefficient (Wildman–Crippen LogP) is 3.41. The van der Waals surface area contributed by atoms with Crippen molar-refractivity contribution in [2.75, 3.05) is 24.3 Å². The van der Waals surface area contributed by atoms with Gasteiger partial charge in [-0.15, -0.1) is 0 Å². The minimum absolute atomic E-state index is 0.0309. The first-order valence-electron chi connectivity index (χ1n) is 6.22. The lowest BCUT2D eigenvalue weighted by Gasteiger charge is -2.15. The molecular weight excluding hydrogens is 292 g/mol. The molecule has 0 aromatic heterocycles. The number of thiocarbonyl (C=S) groups is 1. The molecule has 110 valence electrons. The van der Waals surface area contributed by atoms with Crippen LogP contribution in [0.1, 0.15) is 5.56 Å². The minimum Gasteiger partial charge on any atom is -0.389 e. The molecule has 2 rings (SSSR count). The average Bonchev–Trinajstić information content (AvgIpc) is 2.44. The van der Waals surface area contributed by atoms with Crippen molar-refractivity contribution in [3.63, 3.8) is 0 Å². The maximum atomic E-state index is 14.0. The van der Waals surface area contributed by atoms with Crippen LogP contribution in [0, 0.1) is 11.6 Å². The summed E-state index contributed by atoms with van der Waals surface area (Å²) in [6, 6.07) is 10.1. The molecule has 21 heavy (non-hydrogen) atoms. The number of hydrogen-bond acceptors (Lipinski definition) is 3. The molecule has 3 N–H and O–H groups in total. The van der Waals surface area contributed by atoms with Crippen LogP contribution in [0.15, 0.2) is 36.4 Å². The van der Waals surface area contributed by atoms with Crippen molar-refractivity contribution < 1.29 is 8.78 Å². The fourth-order valence-electron chi connectivity index (χ4n) is 1.85. The van der Waals surface area contributed by atoms with Gasteiger partial charge in [0.05, 0.1) is 5.69 Å². The third-order valence-corrected chi connectivity index (χ3v) is 3.21. The topological polar surface area (TPSA) is 41.3 Å². The quantitative estimate of drug-likeness (QED) is 0.849. The van der Waals surface area contributed by atoms with E-state index in [1.54, 1.807) is 6.07 Å². The molecule has 0 aliphatic carbocycles. The van der Waals surface area contributed by atoms with Crippen molar-refractivity contribution in [3.8, 4) is 0 Å². The van der Waals surface area contributed by atoms with Gasteiger partial charge in [-0.3, -0.25) is 0 Å². The zero-order valence-corrected chi connectivity index (χ0v) is 12.5. The molecule has 2 aromatic rings. The summed E-state index contributed by atoms with van der Waals surface area (Å²) in [5.74, 6) is -2.05. The molecule has 0 heterocycles. The van der Waals surface area contributed by atoms with Crippen LogP contribution in [0.3, 0.4) is 0 Å². The number of anilines is 3. The first-order chi connectivity index (χ1) is 9.90. The Hall–Kier alpha value is -2.21. The van der Waals surface area contributed by atoms with Crippen LogP contribution >= 0.6 is 12.2 Å². The van der Waals surface area contributed by atoms with E-state index in [-0.39, 0.29) is 16.2 Å². The lowest BCUT2D eigenvalue weighted by atomic mass is 10.1. The second-order valence-corrected chi connectivity index (χ2v) is 5.16. The SMILES string of the molecule is CN(C)c1cccc(Nc2ccc(C(N)=S)c(F)c2F)c1. The zero-order valence-electron chi connectivity index (χ0n) is 11.7. The second-order valence-electron chi connectivity index (χ2n) is 4.72. The summed E-state index contributed by atoms with van der Waals surface area (Å²) in [6.45, 7) is 0. The Balaban J connectivity index is 2.34. The fourth-order valence-corrected chi connectivity index (χ4v) is 2.01. The molecule has 0 aliphatic heterocycles. The van der Waals surface area contributed by atoms with Gasteiger partial charge < -0.3 is 16.0 Å². The van der Waals surface area contributed by atoms with Crippen molar-refractivity contribution in [3.05, 3.63) is 53.6 Å². The lowest BCUT2D eigenvalue weighted by molar-refractivity contribution is 0.510. The van der Waals surface area contributed by atoms with Crippen LogP contribution in [0.4, 0.5) is 25.8 Å². The van der Waals surface area contributed by atoms with Crippen LogP contribution in [0.5, 0.6) is 0 Å². The van der Waals surface area contributed by atoms with E-state index in [4.69, 9.17) is 5.73 Å². The minimum atomic E-state index is -1.05. The maximum absolute atomic E-state index is 14.0. The summed E-state index contributed by atoms with van der Waals surface area (Å²) < 4.78 is 27.8. The van der Waals surface area contributed by atoms with Gasteiger partial charge >= 0.3 is 0 Å². The van der Waals surface area contributed by atoms with Crippen LogP contribution in [0.2, 0.25) is 0 Å². The third-order valence-electron chi connectivity index (χ3n) is 2.99. The molecule has 6 heteroatoms. The monoisotopic (exact) mass is 307 g/mol. The molecule has 0 saturated heterocycles. The summed E-state index contributed by atoms with van der Waals surface area (Å²) >= 11 is 4.67. The van der Waals surface area contributed by atoms with Gasteiger partial charge in [-0.05, 0) is 30.3 Å². The highest BCUT2D eigenvalue weighted by atomic mass is 32.1. The lowest BCUT2D eigenvalue weighted by Crippen LogP contribution is -2.13. The van der Waals surface area contributed by atoms with Crippen LogP contribution in [-0.4, -0.2) is 19.1 Å². The van der Waals surface area contributed by atoms with E-state index in [1.165, 1.54) is 12.1 Å². The Kier molecular flexibility index (Phi) is 4.37. The maximum Gasteiger partial charge on any atom is 0.182 e. The van der Waals surface area contributed by atoms with Gasteiger partial charge in [0.15, 0.2) is 11.6 Å². The molecule has 0 radical (unpaired) electrons. The normalized spacial score (nSPS) is 10.3. The molecule has 0 saturated carbocycles. The highest BCUT2D eigenvalue weighted by Crippen LogP contribution is 2.26. The van der Waals surface area contributed by atoms with Gasteiger partial charge in [0.2, 0.25) is 0 Å². The Morgan fingerprint density at radius 1 is 1.14 bits per heavy atom. The van der Waals surface area contributed by atoms with Gasteiger partial charge in [0.25, 0.3) is 0 Å². The van der Waals surface area contributed by atoms with E-state index in [2.05, 4.69) is 17.5 Å². The summed E-state index contributed by atoms with van der Waals surface area (Å²) in [4.78, 5) is 1.74. The molecule has 0 spiro atoms. The molecule has 0 bridgehead atoms. The van der Waals surface area contributed by atoms with Gasteiger partial charge in [0, 0.05) is 31.0 Å². The van der Waals surface area contributed by atoms with Gasteiger partial charge in [-0.2, -0.15) is 0 Å². The van der Waals surface area contributed by atoms with Gasteiger partial charge in [0.1, 0.15) is 4.99 Å². The largest absolute Gasteiger partial charge is 0.389 e. The summed E-state index contributed by atoms with van der Waals surface area (Å²) in [7, 11) is 3.80. The predicted molar refractivity (Wildman–Crippen MR) is 86.3 cm³/mol. The highest BCUT2D eigenvalue weighted by Gasteiger charge is 2.15. The van der Waals surface area contributed by atoms with E-state index >= 15 is 0 Å². The Morgan fingerprint density at radius 2 is 1.86 bits per heavy atom. The number of nitrogens with one attached hydrogen (secondary N) is 1. The van der Waals surface area contributed by atoms with Crippen molar-refractivity contribution in [2.45, 2.75) is 0 Å². The molecule has 0 amide bonds. The molecule has 2 aromatic carbocycles. The molecule has 0 fully saturated rings. The fraction of sp³-hybridized carbons (Fsp3) is 0.133. The number of nitrogens with zero attached hydrogens (tertiary/aromatic N) is 1. The summed E-state index contributed by atoms with van der Waals surface area (Å²) in [5, 5.41) is 2.85. The van der Waals surface area contributed by atoms with Gasteiger partial charge in [-0.25, -0.2) is 8.78 Å².